The van der Waals surface area contributed by atoms with Gasteiger partial charge in [-0.1, -0.05) is 42.4 Å². The Labute approximate surface area is 223 Å². The summed E-state index contributed by atoms with van der Waals surface area (Å²) < 4.78 is 30.1. The molecular weight excluding hydrogens is 492 g/mol. The molecule has 0 amide bonds. The van der Waals surface area contributed by atoms with Crippen molar-refractivity contribution in [2.75, 3.05) is 19.8 Å². The lowest BCUT2D eigenvalue weighted by Crippen LogP contribution is -2.66. The maximum Gasteiger partial charge on any atom is 0.331 e. The normalized spacial score (nSPS) is 47.3. The zero-order valence-electron chi connectivity index (χ0n) is 22.4. The molecule has 0 radical (unpaired) electrons. The molecule has 38 heavy (non-hydrogen) atoms. The van der Waals surface area contributed by atoms with Crippen LogP contribution in [-0.2, 0) is 33.3 Å². The van der Waals surface area contributed by atoms with Crippen molar-refractivity contribution in [3.05, 3.63) is 47.6 Å². The molecule has 3 heterocycles. The molecule has 2 N–H and O–H groups in total. The predicted octanol–water partition coefficient (Wildman–Crippen LogP) is 2.31. The first-order valence-corrected chi connectivity index (χ1v) is 13.4. The van der Waals surface area contributed by atoms with Gasteiger partial charge in [-0.25, -0.2) is 9.59 Å². The average molecular weight is 531 g/mol. The van der Waals surface area contributed by atoms with Gasteiger partial charge in [-0.3, -0.25) is 0 Å². The van der Waals surface area contributed by atoms with E-state index in [1.165, 1.54) is 18.2 Å². The highest BCUT2D eigenvalue weighted by Crippen LogP contribution is 2.72. The van der Waals surface area contributed by atoms with Crippen LogP contribution in [0, 0.1) is 10.8 Å². The van der Waals surface area contributed by atoms with Gasteiger partial charge in [0.1, 0.15) is 36.6 Å². The largest absolute Gasteiger partial charge is 0.462 e. The van der Waals surface area contributed by atoms with Crippen molar-refractivity contribution in [2.45, 2.75) is 89.2 Å². The first-order chi connectivity index (χ1) is 18.0. The van der Waals surface area contributed by atoms with Crippen LogP contribution in [0.15, 0.2) is 47.6 Å². The quantitative estimate of drug-likeness (QED) is 0.299. The molecule has 3 fully saturated rings. The molecule has 1 saturated carbocycles. The van der Waals surface area contributed by atoms with Crippen molar-refractivity contribution in [3.8, 4) is 0 Å². The number of aliphatic hydroxyl groups is 2. The maximum absolute atomic E-state index is 13.0. The van der Waals surface area contributed by atoms with E-state index < -0.39 is 65.0 Å². The Bertz CT molecular complexity index is 1080. The topological polar surface area (TPSA) is 124 Å². The van der Waals surface area contributed by atoms with E-state index in [4.69, 9.17) is 23.7 Å². The monoisotopic (exact) mass is 530 g/mol. The molecule has 0 unspecified atom stereocenters. The van der Waals surface area contributed by atoms with Gasteiger partial charge in [0.15, 0.2) is 0 Å². The van der Waals surface area contributed by atoms with Crippen molar-refractivity contribution in [1.82, 2.24) is 0 Å². The van der Waals surface area contributed by atoms with Gasteiger partial charge >= 0.3 is 11.9 Å². The first-order valence-electron chi connectivity index (χ1n) is 13.4. The van der Waals surface area contributed by atoms with Crippen LogP contribution in [0.2, 0.25) is 0 Å². The summed E-state index contributed by atoms with van der Waals surface area (Å²) in [6.45, 7) is 8.14. The summed E-state index contributed by atoms with van der Waals surface area (Å²) in [4.78, 5) is 25.9. The second-order valence-corrected chi connectivity index (χ2v) is 11.5. The summed E-state index contributed by atoms with van der Waals surface area (Å²) in [5, 5.41) is 21.5. The standard InChI is InChI=1S/C29H38O9/c1-17-9-11-28-15-35-23(32)14-18(2)10-12-34-20(19(3)30)7-5-6-8-22(31)38-25-24(33)26(37-21(28)13-17)29(16-36-29)27(25,28)4/h5-8,13-14,19-21,24-26,30,33H,9-12,15-16H2,1-4H3/b7-5-,8-6-,18-14-/t19-,20-,21-,24+,25-,26-,27-,28-,29+/m1/s1. The highest BCUT2D eigenvalue weighted by molar-refractivity contribution is 5.83. The van der Waals surface area contributed by atoms with Crippen LogP contribution < -0.4 is 0 Å². The van der Waals surface area contributed by atoms with E-state index in [0.29, 0.717) is 26.1 Å². The van der Waals surface area contributed by atoms with Gasteiger partial charge in [-0.2, -0.15) is 0 Å². The van der Waals surface area contributed by atoms with Gasteiger partial charge in [0.2, 0.25) is 0 Å². The Morgan fingerprint density at radius 2 is 1.82 bits per heavy atom. The van der Waals surface area contributed by atoms with Gasteiger partial charge in [-0.15, -0.1) is 0 Å². The number of esters is 2. The number of aliphatic hydroxyl groups excluding tert-OH is 2. The second kappa shape index (κ2) is 10.0. The second-order valence-electron chi connectivity index (χ2n) is 11.5. The molecule has 0 aromatic carbocycles. The zero-order valence-corrected chi connectivity index (χ0v) is 22.4. The molecule has 9 heteroatoms. The molecule has 2 aliphatic carbocycles. The van der Waals surface area contributed by atoms with Crippen molar-refractivity contribution >= 4 is 11.9 Å². The van der Waals surface area contributed by atoms with E-state index in [1.807, 2.05) is 26.8 Å². The molecule has 0 aromatic rings. The minimum Gasteiger partial charge on any atom is -0.462 e. The van der Waals surface area contributed by atoms with E-state index in [-0.39, 0.29) is 6.61 Å². The number of hydrogen-bond donors (Lipinski definition) is 2. The molecular formula is C29H38O9. The fraction of sp³-hybridized carbons (Fsp3) is 0.655. The number of carbonyl (C=O) groups excluding carboxylic acids is 2. The van der Waals surface area contributed by atoms with Crippen LogP contribution in [0.5, 0.6) is 0 Å². The third-order valence-corrected chi connectivity index (χ3v) is 9.26. The minimum atomic E-state index is -1.11. The summed E-state index contributed by atoms with van der Waals surface area (Å²) in [6, 6.07) is 0. The summed E-state index contributed by atoms with van der Waals surface area (Å²) in [7, 11) is 0. The van der Waals surface area contributed by atoms with E-state index in [2.05, 4.69) is 0 Å². The van der Waals surface area contributed by atoms with Gasteiger partial charge in [-0.05, 0) is 40.0 Å². The van der Waals surface area contributed by atoms with Crippen LogP contribution >= 0.6 is 0 Å². The van der Waals surface area contributed by atoms with Crippen LogP contribution in [0.25, 0.3) is 0 Å². The third-order valence-electron chi connectivity index (χ3n) is 9.26. The van der Waals surface area contributed by atoms with Crippen molar-refractivity contribution in [3.63, 3.8) is 0 Å². The number of epoxide rings is 1. The number of cyclic esters (lactones) is 1. The molecule has 5 rings (SSSR count). The van der Waals surface area contributed by atoms with E-state index >= 15 is 0 Å². The number of carbonyl (C=O) groups is 2. The smallest absolute Gasteiger partial charge is 0.331 e. The van der Waals surface area contributed by atoms with E-state index in [9.17, 15) is 19.8 Å². The lowest BCUT2D eigenvalue weighted by molar-refractivity contribution is -0.232. The molecule has 2 bridgehead atoms. The lowest BCUT2D eigenvalue weighted by atomic mass is 9.51. The predicted molar refractivity (Wildman–Crippen MR) is 136 cm³/mol. The summed E-state index contributed by atoms with van der Waals surface area (Å²) in [5.74, 6) is -1.11. The first kappa shape index (κ1) is 27.3. The SMILES string of the molecule is CC1=C[C@H]2O[C@@H]3[C@@H](O)[C@H]4OC(=O)/C=C\C=C/[C@H]([C@@H](C)O)OCC/C(C)=C\C(=O)OC[C@@]2(CC1)[C@]4(C)[C@]31CO1. The molecule has 2 spiro atoms. The van der Waals surface area contributed by atoms with Gasteiger partial charge in [0.25, 0.3) is 0 Å². The Morgan fingerprint density at radius 1 is 1.05 bits per heavy atom. The highest BCUT2D eigenvalue weighted by Gasteiger charge is 2.85. The molecule has 2 saturated heterocycles. The third kappa shape index (κ3) is 4.29. The Hall–Kier alpha value is -2.30. The lowest BCUT2D eigenvalue weighted by Gasteiger charge is -2.58. The molecule has 9 nitrogen and oxygen atoms in total. The fourth-order valence-corrected chi connectivity index (χ4v) is 6.89. The zero-order chi connectivity index (χ0) is 27.3. The molecule has 9 atom stereocenters. The Kier molecular flexibility index (Phi) is 7.19. The number of rotatable bonds is 1. The number of ether oxygens (including phenoxy) is 5. The molecule has 3 aliphatic heterocycles. The van der Waals surface area contributed by atoms with Crippen LogP contribution in [0.4, 0.5) is 0 Å². The summed E-state index contributed by atoms with van der Waals surface area (Å²) in [5.41, 5.74) is -0.543. The van der Waals surface area contributed by atoms with Crippen LogP contribution in [0.1, 0.15) is 47.0 Å². The van der Waals surface area contributed by atoms with Crippen LogP contribution in [-0.4, -0.2) is 84.2 Å². The van der Waals surface area contributed by atoms with Gasteiger partial charge in [0, 0.05) is 17.6 Å². The maximum atomic E-state index is 13.0. The van der Waals surface area contributed by atoms with E-state index in [0.717, 1.165) is 17.6 Å². The molecule has 5 aliphatic rings. The van der Waals surface area contributed by atoms with Crippen molar-refractivity contribution in [2.24, 2.45) is 10.8 Å². The number of allylic oxidation sites excluding steroid dienone is 3. The van der Waals surface area contributed by atoms with Crippen molar-refractivity contribution in [1.29, 1.82) is 0 Å². The summed E-state index contributed by atoms with van der Waals surface area (Å²) >= 11 is 0. The minimum absolute atomic E-state index is 0.0261. The summed E-state index contributed by atoms with van der Waals surface area (Å²) in [6.07, 6.45) is 6.92. The molecule has 208 valence electrons. The Morgan fingerprint density at radius 3 is 2.53 bits per heavy atom. The number of hydrogen-bond acceptors (Lipinski definition) is 9. The van der Waals surface area contributed by atoms with Gasteiger partial charge in [0.05, 0.1) is 30.8 Å². The Balaban J connectivity index is 1.54. The van der Waals surface area contributed by atoms with E-state index in [1.54, 1.807) is 19.1 Å². The molecule has 0 aromatic heterocycles. The van der Waals surface area contributed by atoms with Gasteiger partial charge < -0.3 is 33.9 Å². The highest BCUT2D eigenvalue weighted by atomic mass is 16.7. The van der Waals surface area contributed by atoms with Crippen molar-refractivity contribution < 1.29 is 43.5 Å². The average Bonchev–Trinajstić information content (AvgIpc) is 3.64. The van der Waals surface area contributed by atoms with Crippen LogP contribution in [0.3, 0.4) is 0 Å². The fourth-order valence-electron chi connectivity index (χ4n) is 6.89.